The van der Waals surface area contributed by atoms with Crippen molar-refractivity contribution in [2.24, 2.45) is 0 Å². The van der Waals surface area contributed by atoms with Crippen LogP contribution >= 0.6 is 0 Å². The van der Waals surface area contributed by atoms with E-state index in [-0.39, 0.29) is 60.2 Å². The van der Waals surface area contributed by atoms with Gasteiger partial charge in [-0.1, -0.05) is 0 Å². The van der Waals surface area contributed by atoms with E-state index in [9.17, 15) is 47.9 Å². The van der Waals surface area contributed by atoms with Gasteiger partial charge in [0.1, 0.15) is 48.5 Å². The van der Waals surface area contributed by atoms with E-state index in [0.29, 0.717) is 35.1 Å². The predicted octanol–water partition coefficient (Wildman–Crippen LogP) is 5.34. The van der Waals surface area contributed by atoms with Gasteiger partial charge >= 0.3 is 11.8 Å². The first-order valence-electron chi connectivity index (χ1n) is 29.8. The zero-order valence-electron chi connectivity index (χ0n) is 49.5. The maximum absolute atomic E-state index is 14.9. The number of nitrogens with zero attached hydrogens (tertiary/aromatic N) is 14. The van der Waals surface area contributed by atoms with Gasteiger partial charge in [0.2, 0.25) is 11.9 Å². The molecule has 4 N–H and O–H groups in total. The first-order valence-corrected chi connectivity index (χ1v) is 29.8. The molecule has 6 aliphatic heterocycles. The molecular formula is C62H68F4N16O8. The molecule has 472 valence electrons. The number of carbonyl (C=O) groups excluding carboxylic acids is 2. The second-order valence-corrected chi connectivity index (χ2v) is 22.9. The molecule has 0 bridgehead atoms. The van der Waals surface area contributed by atoms with Gasteiger partial charge in [-0.15, -0.1) is 0 Å². The Morgan fingerprint density at radius 3 is 1.27 bits per heavy atom. The molecule has 0 saturated carbocycles. The Balaban J connectivity index is 0.000000185. The first kappa shape index (κ1) is 62.7. The van der Waals surface area contributed by atoms with Crippen LogP contribution in [0.2, 0.25) is 0 Å². The summed E-state index contributed by atoms with van der Waals surface area (Å²) in [5.41, 5.74) is 4.92. The van der Waals surface area contributed by atoms with Crippen molar-refractivity contribution in [3.05, 3.63) is 109 Å². The third-order valence-electron chi connectivity index (χ3n) is 16.7. The Morgan fingerprint density at radius 1 is 0.567 bits per heavy atom. The van der Waals surface area contributed by atoms with E-state index in [0.717, 1.165) is 111 Å². The summed E-state index contributed by atoms with van der Waals surface area (Å²) in [6.07, 6.45) is -3.43. The second kappa shape index (κ2) is 27.5. The lowest BCUT2D eigenvalue weighted by Crippen LogP contribution is -2.56. The van der Waals surface area contributed by atoms with Crippen LogP contribution in [0, 0.1) is 22.7 Å². The number of likely N-dealkylation sites (tertiary alicyclic amines) is 2. The van der Waals surface area contributed by atoms with Crippen LogP contribution in [0.15, 0.2) is 97.6 Å². The highest BCUT2D eigenvalue weighted by Gasteiger charge is 2.50. The van der Waals surface area contributed by atoms with Crippen molar-refractivity contribution in [2.45, 2.75) is 75.0 Å². The second-order valence-electron chi connectivity index (χ2n) is 22.9. The lowest BCUT2D eigenvalue weighted by Gasteiger charge is -2.43. The summed E-state index contributed by atoms with van der Waals surface area (Å²) in [5, 5.41) is 44.9. The number of aliphatic hydroxyl groups excluding tert-OH is 2. The molecule has 0 spiro atoms. The lowest BCUT2D eigenvalue weighted by molar-refractivity contribution is -0.165. The Morgan fingerprint density at radius 2 is 0.944 bits per heavy atom. The third-order valence-corrected chi connectivity index (χ3v) is 16.7. The molecule has 90 heavy (non-hydrogen) atoms. The summed E-state index contributed by atoms with van der Waals surface area (Å²) in [6, 6.07) is 30.2. The number of piperazine rings is 2. The number of aromatic nitrogens is 6. The summed E-state index contributed by atoms with van der Waals surface area (Å²) >= 11 is 0. The molecule has 6 aromatic rings. The highest BCUT2D eigenvalue weighted by molar-refractivity contribution is 5.81. The normalized spacial score (nSPS) is 21.0. The number of ether oxygens (including phenoxy) is 4. The van der Waals surface area contributed by atoms with E-state index in [1.807, 2.05) is 36.4 Å². The molecule has 4 atom stereocenters. The van der Waals surface area contributed by atoms with Crippen LogP contribution in [0.3, 0.4) is 0 Å². The van der Waals surface area contributed by atoms with Crippen molar-refractivity contribution in [3.8, 4) is 46.4 Å². The third kappa shape index (κ3) is 14.7. The zero-order chi connectivity index (χ0) is 63.1. The molecule has 4 aromatic carbocycles. The Bertz CT molecular complexity index is 3340. The van der Waals surface area contributed by atoms with Crippen LogP contribution in [0.25, 0.3) is 22.8 Å². The minimum Gasteiger partial charge on any atom is -0.483 e. The maximum atomic E-state index is 14.9. The van der Waals surface area contributed by atoms with Gasteiger partial charge in [-0.2, -0.15) is 20.5 Å². The van der Waals surface area contributed by atoms with Crippen LogP contribution in [-0.2, 0) is 19.1 Å². The van der Waals surface area contributed by atoms with E-state index < -0.39 is 61.2 Å². The van der Waals surface area contributed by atoms with Crippen molar-refractivity contribution in [1.29, 1.82) is 10.5 Å². The van der Waals surface area contributed by atoms with Gasteiger partial charge in [0.15, 0.2) is 23.9 Å². The van der Waals surface area contributed by atoms with Crippen molar-refractivity contribution in [3.63, 3.8) is 0 Å². The van der Waals surface area contributed by atoms with Gasteiger partial charge in [0.25, 0.3) is 11.8 Å². The fourth-order valence-corrected chi connectivity index (χ4v) is 11.4. The fourth-order valence-electron chi connectivity index (χ4n) is 11.4. The molecule has 28 heteroatoms. The molecule has 0 aliphatic carbocycles. The molecule has 8 heterocycles. The maximum Gasteiger partial charge on any atom is 0.301 e. The van der Waals surface area contributed by atoms with Crippen LogP contribution in [0.5, 0.6) is 11.5 Å². The lowest BCUT2D eigenvalue weighted by atomic mass is 10.0. The molecule has 2 aromatic heterocycles. The van der Waals surface area contributed by atoms with Gasteiger partial charge in [-0.25, -0.2) is 37.5 Å². The van der Waals surface area contributed by atoms with Crippen LogP contribution in [-0.4, -0.2) is 225 Å². The Hall–Kier alpha value is -8.90. The molecular weight excluding hydrogens is 1170 g/mol. The zero-order valence-corrected chi connectivity index (χ0v) is 49.5. The molecule has 6 saturated heterocycles. The summed E-state index contributed by atoms with van der Waals surface area (Å²) in [4.78, 5) is 61.4. The number of anilines is 6. The number of benzene rings is 4. The van der Waals surface area contributed by atoms with Crippen molar-refractivity contribution in [1.82, 2.24) is 49.5 Å². The molecule has 6 fully saturated rings. The number of hydrogen-bond donors (Lipinski definition) is 4. The summed E-state index contributed by atoms with van der Waals surface area (Å²) in [5.74, 6) is -7.09. The van der Waals surface area contributed by atoms with Crippen LogP contribution < -0.4 is 29.9 Å². The molecule has 12 rings (SSSR count). The van der Waals surface area contributed by atoms with E-state index >= 15 is 0 Å². The first-order chi connectivity index (χ1) is 43.4. The number of rotatable bonds is 16. The SMILES string of the molecule is C[C@H](O)C(=O)N1CC[C@@H](Oc2ccc(-c3ncnc(Nc4ccc(N5CCN(C6COC6)CC5)cc4)n3)cc2C#N)C(F)(F)C1.C[C@H](O)C(=O)N1CC[C@H](Oc2ccc(-c3ncnc(Nc4ccc(N5CCN(C6COC6)CC5)cc4)n3)cc2C#N)C(F)(F)C1. The average Bonchev–Trinajstić information content (AvgIpc) is 1.28. The van der Waals surface area contributed by atoms with E-state index in [1.54, 1.807) is 12.1 Å². The van der Waals surface area contributed by atoms with E-state index in [2.05, 4.69) is 84.4 Å². The van der Waals surface area contributed by atoms with Gasteiger partial charge in [0.05, 0.1) is 62.7 Å². The molecule has 2 amide bonds. The predicted molar refractivity (Wildman–Crippen MR) is 321 cm³/mol. The Kier molecular flexibility index (Phi) is 19.1. The van der Waals surface area contributed by atoms with Crippen molar-refractivity contribution in [2.75, 3.05) is 125 Å². The van der Waals surface area contributed by atoms with Gasteiger partial charge in [-0.3, -0.25) is 19.4 Å². The highest BCUT2D eigenvalue weighted by Crippen LogP contribution is 2.37. The minimum atomic E-state index is -3.37. The van der Waals surface area contributed by atoms with Crippen LogP contribution in [0.4, 0.5) is 52.2 Å². The summed E-state index contributed by atoms with van der Waals surface area (Å²) in [7, 11) is 0. The van der Waals surface area contributed by atoms with Gasteiger partial charge in [0, 0.05) is 112 Å². The Labute approximate surface area is 516 Å². The highest BCUT2D eigenvalue weighted by atomic mass is 19.3. The smallest absolute Gasteiger partial charge is 0.301 e. The topological polar surface area (TPSA) is 280 Å². The average molecular weight is 1240 g/mol. The standard InChI is InChI=1S/2C31H34F2N8O4/c2*1-20(42)29(43)41-9-8-27(31(32,33)18-41)45-26-7-2-21(14-22(26)15-34)28-35-19-36-30(38-28)37-23-3-5-24(6-4-23)39-10-12-40(13-11-39)25-16-44-17-25/h2*2-7,14,19-20,25,27,42H,8-13,16-18H2,1H3,(H,35,36,37,38)/t20-,27+;20-,27-/m00/s1. The van der Waals surface area contributed by atoms with E-state index in [4.69, 9.17) is 18.9 Å². The largest absolute Gasteiger partial charge is 0.483 e. The quantitative estimate of drug-likeness (QED) is 0.0890. The van der Waals surface area contributed by atoms with E-state index in [1.165, 1.54) is 50.8 Å². The number of hydrogen-bond acceptors (Lipinski definition) is 22. The van der Waals surface area contributed by atoms with Crippen LogP contribution in [0.1, 0.15) is 37.8 Å². The van der Waals surface area contributed by atoms with Crippen molar-refractivity contribution < 1.29 is 56.3 Å². The number of aliphatic hydroxyl groups is 2. The molecule has 0 radical (unpaired) electrons. The number of nitriles is 2. The minimum absolute atomic E-state index is 0.000879. The summed E-state index contributed by atoms with van der Waals surface area (Å²) in [6.45, 7) is 11.9. The number of carbonyl (C=O) groups is 2. The number of nitrogens with one attached hydrogen (secondary N) is 2. The number of piperidine rings is 2. The number of alkyl halides is 4. The molecule has 24 nitrogen and oxygen atoms in total. The van der Waals surface area contributed by atoms with Gasteiger partial charge < -0.3 is 59.4 Å². The molecule has 0 unspecified atom stereocenters. The molecule has 6 aliphatic rings. The fraction of sp³-hybridized carbons (Fsp3) is 0.452. The monoisotopic (exact) mass is 1240 g/mol. The number of amides is 2. The van der Waals surface area contributed by atoms with Gasteiger partial charge in [-0.05, 0) is 98.8 Å². The summed E-state index contributed by atoms with van der Waals surface area (Å²) < 4.78 is 81.4. The van der Waals surface area contributed by atoms with Crippen molar-refractivity contribution >= 4 is 46.5 Å². The number of halogens is 4.